The second-order valence-electron chi connectivity index (χ2n) is 8.42. The first-order valence-electron chi connectivity index (χ1n) is 11.6. The highest BCUT2D eigenvalue weighted by atomic mass is 35.5. The van der Waals surface area contributed by atoms with Crippen LogP contribution in [0.1, 0.15) is 51.4 Å². The van der Waals surface area contributed by atoms with Gasteiger partial charge in [0.05, 0.1) is 5.92 Å². The number of piperidine rings is 1. The number of likely N-dealkylation sites (tertiary alicyclic amines) is 1. The van der Waals surface area contributed by atoms with Gasteiger partial charge in [0.15, 0.2) is 0 Å². The molecule has 1 saturated heterocycles. The van der Waals surface area contributed by atoms with Crippen LogP contribution in [0.5, 0.6) is 0 Å². The van der Waals surface area contributed by atoms with Crippen LogP contribution in [0.15, 0.2) is 60.7 Å². The Morgan fingerprint density at radius 3 is 2.00 bits per heavy atom. The maximum absolute atomic E-state index is 11.2. The van der Waals surface area contributed by atoms with Crippen molar-refractivity contribution in [3.05, 3.63) is 60.7 Å². The zero-order chi connectivity index (χ0) is 21.0. The number of carboxylic acids is 1. The number of nitrogens with zero attached hydrogens (tertiary/aromatic N) is 2. The average Bonchev–Trinajstić information content (AvgIpc) is 2.79. The van der Waals surface area contributed by atoms with E-state index in [1.807, 2.05) is 0 Å². The summed E-state index contributed by atoms with van der Waals surface area (Å²) in [4.78, 5) is 15.9. The molecular formula is C26H37ClN2O2. The van der Waals surface area contributed by atoms with Crippen LogP contribution in [-0.4, -0.2) is 42.2 Å². The Kier molecular flexibility index (Phi) is 11.5. The Labute approximate surface area is 193 Å². The van der Waals surface area contributed by atoms with Crippen molar-refractivity contribution in [2.75, 3.05) is 31.1 Å². The third-order valence-electron chi connectivity index (χ3n) is 6.10. The summed E-state index contributed by atoms with van der Waals surface area (Å²) in [5, 5.41) is 9.20. The van der Waals surface area contributed by atoms with Gasteiger partial charge in [-0.15, -0.1) is 12.4 Å². The van der Waals surface area contributed by atoms with Crippen LogP contribution in [0.4, 0.5) is 11.4 Å². The molecule has 0 radical (unpaired) electrons. The summed E-state index contributed by atoms with van der Waals surface area (Å²) >= 11 is 0. The van der Waals surface area contributed by atoms with Crippen LogP contribution in [0.2, 0.25) is 0 Å². The van der Waals surface area contributed by atoms with Crippen LogP contribution in [0, 0.1) is 5.92 Å². The Hall–Kier alpha value is -2.04. The monoisotopic (exact) mass is 444 g/mol. The molecule has 0 aromatic heterocycles. The van der Waals surface area contributed by atoms with E-state index >= 15 is 0 Å². The molecule has 4 nitrogen and oxygen atoms in total. The molecule has 170 valence electrons. The van der Waals surface area contributed by atoms with E-state index in [0.29, 0.717) is 0 Å². The van der Waals surface area contributed by atoms with Gasteiger partial charge in [-0.05, 0) is 63.0 Å². The van der Waals surface area contributed by atoms with E-state index in [9.17, 15) is 9.90 Å². The maximum atomic E-state index is 11.2. The molecule has 0 amide bonds. The first kappa shape index (κ1) is 25.2. The van der Waals surface area contributed by atoms with Gasteiger partial charge in [0.2, 0.25) is 0 Å². The van der Waals surface area contributed by atoms with Crippen LogP contribution in [0.3, 0.4) is 0 Å². The number of unbranched alkanes of at least 4 members (excludes halogenated alkanes) is 5. The molecule has 0 saturated carbocycles. The van der Waals surface area contributed by atoms with Crippen LogP contribution < -0.4 is 4.90 Å². The summed E-state index contributed by atoms with van der Waals surface area (Å²) < 4.78 is 0. The molecule has 1 aliphatic heterocycles. The van der Waals surface area contributed by atoms with Crippen LogP contribution >= 0.6 is 12.4 Å². The minimum absolute atomic E-state index is 0. The van der Waals surface area contributed by atoms with E-state index in [0.717, 1.165) is 39.0 Å². The lowest BCUT2D eigenvalue weighted by atomic mass is 9.98. The molecule has 5 heteroatoms. The third kappa shape index (κ3) is 8.54. The SMILES string of the molecule is Cl.O=C(O)C1CCCN(CCCCCCCCN(c2ccccc2)c2ccccc2)C1. The van der Waals surface area contributed by atoms with Crippen molar-refractivity contribution >= 4 is 29.8 Å². The zero-order valence-corrected chi connectivity index (χ0v) is 19.3. The first-order chi connectivity index (χ1) is 14.7. The van der Waals surface area contributed by atoms with E-state index in [1.54, 1.807) is 0 Å². The molecular weight excluding hydrogens is 408 g/mol. The van der Waals surface area contributed by atoms with Crippen molar-refractivity contribution < 1.29 is 9.90 Å². The minimum Gasteiger partial charge on any atom is -0.481 e. The van der Waals surface area contributed by atoms with Gasteiger partial charge >= 0.3 is 5.97 Å². The van der Waals surface area contributed by atoms with E-state index in [-0.39, 0.29) is 18.3 Å². The fourth-order valence-corrected chi connectivity index (χ4v) is 4.40. The number of benzene rings is 2. The van der Waals surface area contributed by atoms with Gasteiger partial charge < -0.3 is 14.9 Å². The predicted octanol–water partition coefficient (Wildman–Crippen LogP) is 6.38. The fourth-order valence-electron chi connectivity index (χ4n) is 4.40. The second kappa shape index (κ2) is 14.1. The van der Waals surface area contributed by atoms with Gasteiger partial charge in [-0.25, -0.2) is 0 Å². The smallest absolute Gasteiger partial charge is 0.307 e. The van der Waals surface area contributed by atoms with Gasteiger partial charge in [-0.1, -0.05) is 62.1 Å². The minimum atomic E-state index is -0.625. The van der Waals surface area contributed by atoms with Crippen molar-refractivity contribution in [2.45, 2.75) is 51.4 Å². The molecule has 2 aromatic carbocycles. The second-order valence-corrected chi connectivity index (χ2v) is 8.42. The van der Waals surface area contributed by atoms with Gasteiger partial charge in [0.1, 0.15) is 0 Å². The molecule has 3 rings (SSSR count). The summed E-state index contributed by atoms with van der Waals surface area (Å²) in [6, 6.07) is 21.3. The summed E-state index contributed by atoms with van der Waals surface area (Å²) in [5.74, 6) is -0.782. The molecule has 0 spiro atoms. The topological polar surface area (TPSA) is 43.8 Å². The van der Waals surface area contributed by atoms with E-state index in [1.165, 1.54) is 49.9 Å². The summed E-state index contributed by atoms with van der Waals surface area (Å²) in [6.45, 7) is 3.90. The van der Waals surface area contributed by atoms with Crippen molar-refractivity contribution in [1.82, 2.24) is 4.90 Å². The highest BCUT2D eigenvalue weighted by molar-refractivity contribution is 5.85. The van der Waals surface area contributed by atoms with Crippen molar-refractivity contribution in [2.24, 2.45) is 5.92 Å². The molecule has 1 atom stereocenters. The summed E-state index contributed by atoms with van der Waals surface area (Å²) in [6.07, 6.45) is 9.28. The number of hydrogen-bond donors (Lipinski definition) is 1. The molecule has 1 unspecified atom stereocenters. The Morgan fingerprint density at radius 1 is 0.871 bits per heavy atom. The highest BCUT2D eigenvalue weighted by Crippen LogP contribution is 2.25. The number of hydrogen-bond acceptors (Lipinski definition) is 3. The zero-order valence-electron chi connectivity index (χ0n) is 18.5. The molecule has 1 heterocycles. The fraction of sp³-hybridized carbons (Fsp3) is 0.500. The number of carbonyl (C=O) groups is 1. The van der Waals surface area contributed by atoms with Gasteiger partial charge in [0, 0.05) is 24.5 Å². The normalized spacial score (nSPS) is 16.5. The third-order valence-corrected chi connectivity index (χ3v) is 6.10. The lowest BCUT2D eigenvalue weighted by Gasteiger charge is -2.30. The highest BCUT2D eigenvalue weighted by Gasteiger charge is 2.24. The molecule has 2 aromatic rings. The molecule has 0 aliphatic carbocycles. The van der Waals surface area contributed by atoms with E-state index in [4.69, 9.17) is 0 Å². The lowest BCUT2D eigenvalue weighted by molar-refractivity contribution is -0.143. The number of aliphatic carboxylic acids is 1. The Balaban J connectivity index is 0.00000341. The molecule has 0 bridgehead atoms. The Morgan fingerprint density at radius 2 is 1.42 bits per heavy atom. The van der Waals surface area contributed by atoms with E-state index in [2.05, 4.69) is 70.5 Å². The standard InChI is InChI=1S/C26H36N2O2.ClH/c29-26(30)23-14-13-20-27(22-23)19-11-3-1-2-4-12-21-28(24-15-7-5-8-16-24)25-17-9-6-10-18-25;/h5-10,15-18,23H,1-4,11-14,19-22H2,(H,29,30);1H. The van der Waals surface area contributed by atoms with E-state index < -0.39 is 5.97 Å². The average molecular weight is 445 g/mol. The number of carboxylic acid groups (broad SMARTS) is 1. The molecule has 1 N–H and O–H groups in total. The quantitative estimate of drug-likeness (QED) is 0.385. The van der Waals surface area contributed by atoms with Crippen LogP contribution in [0.25, 0.3) is 0 Å². The summed E-state index contributed by atoms with van der Waals surface area (Å²) in [7, 11) is 0. The lowest BCUT2D eigenvalue weighted by Crippen LogP contribution is -2.39. The Bertz CT molecular complexity index is 702. The number of anilines is 2. The largest absolute Gasteiger partial charge is 0.481 e. The van der Waals surface area contributed by atoms with Crippen LogP contribution in [-0.2, 0) is 4.79 Å². The van der Waals surface area contributed by atoms with Gasteiger partial charge in [-0.2, -0.15) is 0 Å². The van der Waals surface area contributed by atoms with Crippen molar-refractivity contribution in [3.63, 3.8) is 0 Å². The van der Waals surface area contributed by atoms with Crippen molar-refractivity contribution in [3.8, 4) is 0 Å². The predicted molar refractivity (Wildman–Crippen MR) is 132 cm³/mol. The maximum Gasteiger partial charge on any atom is 0.307 e. The molecule has 31 heavy (non-hydrogen) atoms. The van der Waals surface area contributed by atoms with Gasteiger partial charge in [0.25, 0.3) is 0 Å². The molecule has 1 aliphatic rings. The first-order valence-corrected chi connectivity index (χ1v) is 11.6. The van der Waals surface area contributed by atoms with Gasteiger partial charge in [-0.3, -0.25) is 4.79 Å². The number of halogens is 1. The molecule has 1 fully saturated rings. The van der Waals surface area contributed by atoms with Crippen molar-refractivity contribution in [1.29, 1.82) is 0 Å². The number of para-hydroxylation sites is 2. The number of rotatable bonds is 12. The summed E-state index contributed by atoms with van der Waals surface area (Å²) in [5.41, 5.74) is 2.51.